The summed E-state index contributed by atoms with van der Waals surface area (Å²) in [5.74, 6) is -0.0310. The fraction of sp³-hybridized carbons (Fsp3) is 0.429. The molecule has 94 valence electrons. The van der Waals surface area contributed by atoms with Gasteiger partial charge in [0.1, 0.15) is 0 Å². The summed E-state index contributed by atoms with van der Waals surface area (Å²) >= 11 is 3.46. The third-order valence-corrected chi connectivity index (χ3v) is 4.74. The van der Waals surface area contributed by atoms with E-state index >= 15 is 0 Å². The second-order valence-corrected chi connectivity index (χ2v) is 5.85. The van der Waals surface area contributed by atoms with Crippen LogP contribution in [0.2, 0.25) is 0 Å². The summed E-state index contributed by atoms with van der Waals surface area (Å²) in [6.45, 7) is 0.395. The third kappa shape index (κ3) is 1.79. The van der Waals surface area contributed by atoms with E-state index in [2.05, 4.69) is 15.9 Å². The quantitative estimate of drug-likeness (QED) is 0.788. The molecule has 2 atom stereocenters. The number of hydrogen-bond acceptors (Lipinski definition) is 2. The number of rotatable bonds is 2. The largest absolute Gasteiger partial charge is 0.278 e. The van der Waals surface area contributed by atoms with Crippen molar-refractivity contribution >= 4 is 27.7 Å². The summed E-state index contributed by atoms with van der Waals surface area (Å²) in [6.07, 6.45) is 2.76. The molecule has 0 radical (unpaired) electrons. The Bertz CT molecular complexity index is 492. The highest BCUT2D eigenvalue weighted by Crippen LogP contribution is 2.40. The summed E-state index contributed by atoms with van der Waals surface area (Å²) in [5, 5.41) is 0. The van der Waals surface area contributed by atoms with Gasteiger partial charge in [0.2, 0.25) is 11.8 Å². The van der Waals surface area contributed by atoms with Crippen LogP contribution in [0.25, 0.3) is 0 Å². The number of halogens is 1. The van der Waals surface area contributed by atoms with E-state index in [9.17, 15) is 9.59 Å². The van der Waals surface area contributed by atoms with E-state index in [4.69, 9.17) is 0 Å². The van der Waals surface area contributed by atoms with E-state index < -0.39 is 0 Å². The van der Waals surface area contributed by atoms with Crippen molar-refractivity contribution in [1.29, 1.82) is 0 Å². The van der Waals surface area contributed by atoms with Crippen LogP contribution in [0.3, 0.4) is 0 Å². The summed E-state index contributed by atoms with van der Waals surface area (Å²) in [5.41, 5.74) is 0.985. The van der Waals surface area contributed by atoms with Crippen LogP contribution >= 0.6 is 15.9 Å². The number of imide groups is 1. The van der Waals surface area contributed by atoms with E-state index in [0.29, 0.717) is 6.54 Å². The van der Waals surface area contributed by atoms with Crippen LogP contribution in [-0.4, -0.2) is 16.7 Å². The van der Waals surface area contributed by atoms with Gasteiger partial charge in [-0.2, -0.15) is 0 Å². The molecule has 3 rings (SSSR count). The molecule has 1 heterocycles. The van der Waals surface area contributed by atoms with E-state index in [1.165, 1.54) is 4.90 Å². The van der Waals surface area contributed by atoms with E-state index in [-0.39, 0.29) is 23.7 Å². The van der Waals surface area contributed by atoms with Crippen molar-refractivity contribution < 1.29 is 9.59 Å². The minimum Gasteiger partial charge on any atom is -0.278 e. The smallest absolute Gasteiger partial charge is 0.233 e. The summed E-state index contributed by atoms with van der Waals surface area (Å²) in [4.78, 5) is 25.8. The van der Waals surface area contributed by atoms with Gasteiger partial charge in [0.05, 0.1) is 18.4 Å². The maximum atomic E-state index is 12.2. The first-order valence-corrected chi connectivity index (χ1v) is 7.06. The molecule has 2 amide bonds. The van der Waals surface area contributed by atoms with Crippen LogP contribution in [0.5, 0.6) is 0 Å². The Morgan fingerprint density at radius 2 is 1.72 bits per heavy atom. The molecule has 0 N–H and O–H groups in total. The van der Waals surface area contributed by atoms with Gasteiger partial charge in [0.25, 0.3) is 0 Å². The van der Waals surface area contributed by atoms with Crippen molar-refractivity contribution in [3.05, 3.63) is 34.3 Å². The van der Waals surface area contributed by atoms with E-state index in [0.717, 1.165) is 29.3 Å². The predicted octanol–water partition coefficient (Wildman–Crippen LogP) is 2.73. The summed E-state index contributed by atoms with van der Waals surface area (Å²) in [7, 11) is 0. The molecule has 1 aliphatic heterocycles. The van der Waals surface area contributed by atoms with Gasteiger partial charge in [-0.15, -0.1) is 0 Å². The van der Waals surface area contributed by atoms with Crippen LogP contribution < -0.4 is 0 Å². The minimum absolute atomic E-state index is 0.0262. The molecule has 2 aliphatic rings. The zero-order valence-corrected chi connectivity index (χ0v) is 11.5. The number of hydrogen-bond donors (Lipinski definition) is 0. The van der Waals surface area contributed by atoms with Gasteiger partial charge in [-0.1, -0.05) is 40.5 Å². The van der Waals surface area contributed by atoms with Gasteiger partial charge >= 0.3 is 0 Å². The molecular weight excluding hydrogens is 294 g/mol. The van der Waals surface area contributed by atoms with Gasteiger partial charge in [-0.3, -0.25) is 14.5 Å². The lowest BCUT2D eigenvalue weighted by atomic mass is 10.00. The number of benzene rings is 1. The highest BCUT2D eigenvalue weighted by molar-refractivity contribution is 9.10. The Kier molecular flexibility index (Phi) is 2.98. The Hall–Kier alpha value is -1.16. The lowest BCUT2D eigenvalue weighted by Crippen LogP contribution is -2.31. The average Bonchev–Trinajstić information content (AvgIpc) is 2.92. The number of fused-ring (bicyclic) bond motifs is 1. The van der Waals surface area contributed by atoms with Gasteiger partial charge in [-0.25, -0.2) is 0 Å². The molecule has 1 aromatic carbocycles. The fourth-order valence-corrected chi connectivity index (χ4v) is 3.42. The topological polar surface area (TPSA) is 37.4 Å². The molecule has 2 fully saturated rings. The van der Waals surface area contributed by atoms with Crippen LogP contribution in [0, 0.1) is 11.8 Å². The van der Waals surface area contributed by atoms with Gasteiger partial charge in [0.15, 0.2) is 0 Å². The highest BCUT2D eigenvalue weighted by atomic mass is 79.9. The number of likely N-dealkylation sites (tertiary alicyclic amines) is 1. The normalized spacial score (nSPS) is 26.8. The Balaban J connectivity index is 1.84. The molecule has 0 aromatic heterocycles. The van der Waals surface area contributed by atoms with E-state index in [1.807, 2.05) is 24.3 Å². The SMILES string of the molecule is O=C1C2CCCC2C(=O)N1Cc1ccccc1Br. The standard InChI is InChI=1S/C14H14BrNO2/c15-12-7-2-1-4-9(12)8-16-13(17)10-5-3-6-11(10)14(16)18/h1-2,4,7,10-11H,3,5-6,8H2. The first kappa shape index (κ1) is 11.9. The Morgan fingerprint density at radius 1 is 1.11 bits per heavy atom. The second-order valence-electron chi connectivity index (χ2n) is 5.00. The van der Waals surface area contributed by atoms with E-state index in [1.54, 1.807) is 0 Å². The van der Waals surface area contributed by atoms with Crippen molar-refractivity contribution in [2.45, 2.75) is 25.8 Å². The first-order chi connectivity index (χ1) is 8.68. The first-order valence-electron chi connectivity index (χ1n) is 6.27. The maximum absolute atomic E-state index is 12.2. The van der Waals surface area contributed by atoms with Crippen molar-refractivity contribution in [3.8, 4) is 0 Å². The van der Waals surface area contributed by atoms with Gasteiger partial charge in [0, 0.05) is 4.47 Å². The van der Waals surface area contributed by atoms with Crippen LogP contribution in [0.1, 0.15) is 24.8 Å². The molecule has 3 nitrogen and oxygen atoms in total. The Labute approximate surface area is 114 Å². The van der Waals surface area contributed by atoms with Crippen LogP contribution in [0.15, 0.2) is 28.7 Å². The highest BCUT2D eigenvalue weighted by Gasteiger charge is 2.49. The molecule has 4 heteroatoms. The van der Waals surface area contributed by atoms with Crippen molar-refractivity contribution in [2.24, 2.45) is 11.8 Å². The zero-order valence-electron chi connectivity index (χ0n) is 9.93. The monoisotopic (exact) mass is 307 g/mol. The minimum atomic E-state index is -0.0417. The molecule has 1 aliphatic carbocycles. The van der Waals surface area contributed by atoms with Crippen molar-refractivity contribution in [3.63, 3.8) is 0 Å². The predicted molar refractivity (Wildman–Crippen MR) is 70.5 cm³/mol. The number of nitrogens with zero attached hydrogens (tertiary/aromatic N) is 1. The van der Waals surface area contributed by atoms with Gasteiger partial charge in [-0.05, 0) is 24.5 Å². The van der Waals surface area contributed by atoms with Crippen LogP contribution in [0.4, 0.5) is 0 Å². The molecule has 1 saturated carbocycles. The molecule has 1 saturated heterocycles. The average molecular weight is 308 g/mol. The van der Waals surface area contributed by atoms with Crippen molar-refractivity contribution in [1.82, 2.24) is 4.90 Å². The number of amides is 2. The fourth-order valence-electron chi connectivity index (χ4n) is 3.01. The molecule has 18 heavy (non-hydrogen) atoms. The molecule has 0 spiro atoms. The summed E-state index contributed by atoms with van der Waals surface area (Å²) in [6, 6.07) is 7.72. The molecule has 2 unspecified atom stereocenters. The summed E-state index contributed by atoms with van der Waals surface area (Å²) < 4.78 is 0.947. The van der Waals surface area contributed by atoms with Gasteiger partial charge < -0.3 is 0 Å². The van der Waals surface area contributed by atoms with Crippen molar-refractivity contribution in [2.75, 3.05) is 0 Å². The number of carbonyl (C=O) groups is 2. The number of carbonyl (C=O) groups excluding carboxylic acids is 2. The maximum Gasteiger partial charge on any atom is 0.233 e. The Morgan fingerprint density at radius 3 is 2.33 bits per heavy atom. The van der Waals surface area contributed by atoms with Crippen LogP contribution in [-0.2, 0) is 16.1 Å². The lowest BCUT2D eigenvalue weighted by molar-refractivity contribution is -0.141. The lowest BCUT2D eigenvalue weighted by Gasteiger charge is -2.16. The zero-order chi connectivity index (χ0) is 12.7. The molecular formula is C14H14BrNO2. The second kappa shape index (κ2) is 4.50. The molecule has 0 bridgehead atoms. The molecule has 1 aromatic rings. The third-order valence-electron chi connectivity index (χ3n) is 3.97.